The smallest absolute Gasteiger partial charge is 0.252 e. The molecule has 9 nitrogen and oxygen atoms in total. The molecule has 2 aromatic carbocycles. The van der Waals surface area contributed by atoms with Crippen LogP contribution in [0.25, 0.3) is 0 Å². The topological polar surface area (TPSA) is 110 Å². The SMILES string of the molecule is CC(C)N1CC(=O)N(c2cc(C#N)ccn2)C(C(=O)N(c2cc(F)cc(F)c2)C(C(=O)NC2CC(F)(F)C2)c2ccccc2Cl)C1. The minimum absolute atomic E-state index is 0.0139. The van der Waals surface area contributed by atoms with Crippen molar-refractivity contribution in [1.29, 1.82) is 5.26 Å². The second-order valence-electron chi connectivity index (χ2n) is 11.5. The van der Waals surface area contributed by atoms with E-state index in [1.807, 2.05) is 19.9 Å². The first-order valence-corrected chi connectivity index (χ1v) is 14.8. The van der Waals surface area contributed by atoms with Gasteiger partial charge in [0.05, 0.1) is 23.9 Å². The van der Waals surface area contributed by atoms with Gasteiger partial charge in [0, 0.05) is 54.3 Å². The van der Waals surface area contributed by atoms with Gasteiger partial charge in [0.1, 0.15) is 29.5 Å². The summed E-state index contributed by atoms with van der Waals surface area (Å²) in [7, 11) is 0. The zero-order chi connectivity index (χ0) is 33.3. The Bertz CT molecular complexity index is 1690. The van der Waals surface area contributed by atoms with Gasteiger partial charge in [-0.05, 0) is 44.2 Å². The van der Waals surface area contributed by atoms with Crippen molar-refractivity contribution in [2.24, 2.45) is 0 Å². The van der Waals surface area contributed by atoms with Crippen molar-refractivity contribution >= 4 is 40.8 Å². The third-order valence-electron chi connectivity index (χ3n) is 7.97. The van der Waals surface area contributed by atoms with Gasteiger partial charge in [-0.3, -0.25) is 29.1 Å². The number of carbonyl (C=O) groups excluding carboxylic acids is 3. The third kappa shape index (κ3) is 6.83. The highest BCUT2D eigenvalue weighted by Crippen LogP contribution is 2.39. The lowest BCUT2D eigenvalue weighted by atomic mass is 9.87. The van der Waals surface area contributed by atoms with Crippen molar-refractivity contribution in [1.82, 2.24) is 15.2 Å². The first-order chi connectivity index (χ1) is 21.8. The molecule has 14 heteroatoms. The van der Waals surface area contributed by atoms with E-state index in [1.165, 1.54) is 36.5 Å². The van der Waals surface area contributed by atoms with Crippen LogP contribution >= 0.6 is 11.6 Å². The number of alkyl halides is 2. The molecule has 0 spiro atoms. The second kappa shape index (κ2) is 13.1. The minimum atomic E-state index is -2.98. The summed E-state index contributed by atoms with van der Waals surface area (Å²) >= 11 is 6.52. The van der Waals surface area contributed by atoms with Crippen LogP contribution in [0.5, 0.6) is 0 Å². The Kier molecular flexibility index (Phi) is 9.32. The molecule has 2 atom stereocenters. The predicted molar refractivity (Wildman–Crippen MR) is 161 cm³/mol. The molecule has 46 heavy (non-hydrogen) atoms. The zero-order valence-corrected chi connectivity index (χ0v) is 25.5. The van der Waals surface area contributed by atoms with Crippen molar-refractivity contribution in [3.8, 4) is 6.07 Å². The fourth-order valence-electron chi connectivity index (χ4n) is 5.66. The van der Waals surface area contributed by atoms with Crippen LogP contribution in [-0.4, -0.2) is 64.7 Å². The summed E-state index contributed by atoms with van der Waals surface area (Å²) in [6.45, 7) is 3.43. The molecule has 5 rings (SSSR count). The summed E-state index contributed by atoms with van der Waals surface area (Å²) in [6, 6.07) is 8.67. The number of nitrogens with zero attached hydrogens (tertiary/aromatic N) is 5. The number of nitriles is 1. The molecule has 1 N–H and O–H groups in total. The summed E-state index contributed by atoms with van der Waals surface area (Å²) in [5.74, 6) is -7.54. The number of nitrogens with one attached hydrogen (secondary N) is 1. The fourth-order valence-corrected chi connectivity index (χ4v) is 5.90. The van der Waals surface area contributed by atoms with Crippen LogP contribution in [0.3, 0.4) is 0 Å². The summed E-state index contributed by atoms with van der Waals surface area (Å²) in [5.41, 5.74) is -0.177. The molecule has 1 saturated heterocycles. The van der Waals surface area contributed by atoms with Gasteiger partial charge < -0.3 is 5.32 Å². The molecule has 2 unspecified atom stereocenters. The van der Waals surface area contributed by atoms with E-state index in [2.05, 4.69) is 10.3 Å². The average molecular weight is 657 g/mol. The number of aromatic nitrogens is 1. The van der Waals surface area contributed by atoms with E-state index < -0.39 is 66.2 Å². The van der Waals surface area contributed by atoms with Crippen LogP contribution in [-0.2, 0) is 14.4 Å². The minimum Gasteiger partial charge on any atom is -0.351 e. The van der Waals surface area contributed by atoms with E-state index in [-0.39, 0.29) is 46.8 Å². The molecule has 1 aliphatic heterocycles. The van der Waals surface area contributed by atoms with Gasteiger partial charge in [-0.2, -0.15) is 5.26 Å². The van der Waals surface area contributed by atoms with E-state index in [0.717, 1.165) is 21.9 Å². The average Bonchev–Trinajstić information content (AvgIpc) is 2.98. The molecule has 0 radical (unpaired) electrons. The van der Waals surface area contributed by atoms with E-state index in [4.69, 9.17) is 11.6 Å². The molecule has 1 saturated carbocycles. The van der Waals surface area contributed by atoms with E-state index in [9.17, 15) is 37.2 Å². The molecule has 240 valence electrons. The first kappa shape index (κ1) is 32.8. The van der Waals surface area contributed by atoms with Gasteiger partial charge in [0.25, 0.3) is 11.8 Å². The Morgan fingerprint density at radius 1 is 1.11 bits per heavy atom. The van der Waals surface area contributed by atoms with Crippen LogP contribution in [0.4, 0.5) is 29.1 Å². The van der Waals surface area contributed by atoms with Gasteiger partial charge >= 0.3 is 0 Å². The zero-order valence-electron chi connectivity index (χ0n) is 24.8. The van der Waals surface area contributed by atoms with E-state index >= 15 is 0 Å². The lowest BCUT2D eigenvalue weighted by molar-refractivity contribution is -0.134. The number of benzene rings is 2. The Morgan fingerprint density at radius 3 is 2.39 bits per heavy atom. The first-order valence-electron chi connectivity index (χ1n) is 14.4. The predicted octanol–water partition coefficient (Wildman–Crippen LogP) is 5.00. The maximum absolute atomic E-state index is 14.9. The van der Waals surface area contributed by atoms with Gasteiger partial charge in [0.15, 0.2) is 0 Å². The number of hydrogen-bond donors (Lipinski definition) is 1. The molecule has 1 aromatic heterocycles. The quantitative estimate of drug-likeness (QED) is 0.342. The molecule has 0 bridgehead atoms. The number of rotatable bonds is 8. The summed E-state index contributed by atoms with van der Waals surface area (Å²) < 4.78 is 56.9. The fraction of sp³-hybridized carbons (Fsp3) is 0.344. The number of carbonyl (C=O) groups is 3. The second-order valence-corrected chi connectivity index (χ2v) is 12.0. The van der Waals surface area contributed by atoms with Crippen molar-refractivity contribution in [2.75, 3.05) is 22.9 Å². The molecule has 2 fully saturated rings. The number of amides is 3. The number of pyridine rings is 1. The van der Waals surface area contributed by atoms with Gasteiger partial charge in [-0.15, -0.1) is 0 Å². The van der Waals surface area contributed by atoms with Crippen LogP contribution in [0.15, 0.2) is 60.8 Å². The van der Waals surface area contributed by atoms with Gasteiger partial charge in [-0.25, -0.2) is 22.5 Å². The van der Waals surface area contributed by atoms with Gasteiger partial charge in [-0.1, -0.05) is 29.8 Å². The standard InChI is InChI=1S/C32H29ClF4N6O3/c1-18(2)41-16-26(43(28(44)17-41)27-9-19(15-38)7-8-39-27)31(46)42(23-11-20(34)10-21(35)12-23)29(24-5-3-4-6-25(24)33)30(45)40-22-13-32(36,37)14-22/h3-12,18,22,26,29H,13-14,16-17H2,1-2H3,(H,40,45). The van der Waals surface area contributed by atoms with Crippen molar-refractivity contribution < 1.29 is 31.9 Å². The Balaban J connectivity index is 1.68. The molecular formula is C32H29ClF4N6O3. The normalized spacial score (nSPS) is 18.9. The Morgan fingerprint density at radius 2 is 1.78 bits per heavy atom. The molecule has 3 aromatic rings. The third-order valence-corrected chi connectivity index (χ3v) is 8.31. The summed E-state index contributed by atoms with van der Waals surface area (Å²) in [6.07, 6.45) is 0.0307. The van der Waals surface area contributed by atoms with Crippen molar-refractivity contribution in [3.05, 3.63) is 88.6 Å². The van der Waals surface area contributed by atoms with Crippen LogP contribution in [0, 0.1) is 23.0 Å². The summed E-state index contributed by atoms with van der Waals surface area (Å²) in [5, 5.41) is 12.0. The lowest BCUT2D eigenvalue weighted by Gasteiger charge is -2.44. The molecule has 2 aliphatic rings. The van der Waals surface area contributed by atoms with Crippen LogP contribution in [0.2, 0.25) is 5.02 Å². The highest BCUT2D eigenvalue weighted by atomic mass is 35.5. The van der Waals surface area contributed by atoms with Crippen LogP contribution < -0.4 is 15.1 Å². The number of anilines is 2. The van der Waals surface area contributed by atoms with Gasteiger partial charge in [0.2, 0.25) is 11.8 Å². The van der Waals surface area contributed by atoms with Crippen molar-refractivity contribution in [2.45, 2.75) is 56.8 Å². The largest absolute Gasteiger partial charge is 0.351 e. The molecule has 3 amide bonds. The monoisotopic (exact) mass is 656 g/mol. The summed E-state index contributed by atoms with van der Waals surface area (Å²) in [4.78, 5) is 50.5. The van der Waals surface area contributed by atoms with Crippen molar-refractivity contribution in [3.63, 3.8) is 0 Å². The van der Waals surface area contributed by atoms with E-state index in [0.29, 0.717) is 6.07 Å². The highest BCUT2D eigenvalue weighted by Gasteiger charge is 2.49. The van der Waals surface area contributed by atoms with Crippen LogP contribution in [0.1, 0.15) is 43.9 Å². The number of piperazine rings is 1. The Hall–Kier alpha value is -4.54. The van der Waals surface area contributed by atoms with E-state index in [1.54, 1.807) is 11.0 Å². The molecule has 1 aliphatic carbocycles. The maximum Gasteiger partial charge on any atom is 0.252 e. The molecule has 2 heterocycles. The number of hydrogen-bond acceptors (Lipinski definition) is 6. The lowest BCUT2D eigenvalue weighted by Crippen LogP contribution is -2.64. The highest BCUT2D eigenvalue weighted by molar-refractivity contribution is 6.31. The number of halogens is 5. The maximum atomic E-state index is 14.9. The Labute approximate surface area is 267 Å². The molecular weight excluding hydrogens is 628 g/mol.